The second-order valence-corrected chi connectivity index (χ2v) is 7.25. The number of hydrogen-bond acceptors (Lipinski definition) is 3. The summed E-state index contributed by atoms with van der Waals surface area (Å²) in [5, 5.41) is 0.786. The molecule has 0 atom stereocenters. The van der Waals surface area contributed by atoms with Crippen LogP contribution in [0, 0.1) is 0 Å². The number of rotatable bonds is 2. The van der Waals surface area contributed by atoms with E-state index in [0.29, 0.717) is 5.92 Å². The van der Waals surface area contributed by atoms with Crippen LogP contribution in [0.15, 0.2) is 12.3 Å². The molecule has 20 heavy (non-hydrogen) atoms. The van der Waals surface area contributed by atoms with Gasteiger partial charge in [-0.2, -0.15) is 0 Å². The Morgan fingerprint density at radius 2 is 1.80 bits per heavy atom. The van der Waals surface area contributed by atoms with Gasteiger partial charge in [-0.05, 0) is 58.1 Å². The SMILES string of the molecule is CC1(C)OB(c2cc(Cl)c(C3CCC3)cn2)OC1(C)C. The van der Waals surface area contributed by atoms with Crippen molar-refractivity contribution < 1.29 is 9.31 Å². The highest BCUT2D eigenvalue weighted by atomic mass is 35.5. The van der Waals surface area contributed by atoms with Crippen LogP contribution in [-0.4, -0.2) is 23.3 Å². The van der Waals surface area contributed by atoms with Crippen molar-refractivity contribution in [3.63, 3.8) is 0 Å². The zero-order valence-corrected chi connectivity index (χ0v) is 13.3. The summed E-state index contributed by atoms with van der Waals surface area (Å²) >= 11 is 6.41. The van der Waals surface area contributed by atoms with Crippen LogP contribution >= 0.6 is 11.6 Å². The van der Waals surface area contributed by atoms with Gasteiger partial charge in [0.1, 0.15) is 0 Å². The molecular formula is C15H21BClNO2. The summed E-state index contributed by atoms with van der Waals surface area (Å²) in [6.45, 7) is 8.16. The van der Waals surface area contributed by atoms with Crippen molar-refractivity contribution >= 4 is 24.3 Å². The van der Waals surface area contributed by atoms with Crippen molar-refractivity contribution in [2.75, 3.05) is 0 Å². The molecule has 3 nitrogen and oxygen atoms in total. The van der Waals surface area contributed by atoms with E-state index < -0.39 is 7.12 Å². The quantitative estimate of drug-likeness (QED) is 0.784. The van der Waals surface area contributed by atoms with Crippen molar-refractivity contribution in [2.45, 2.75) is 64.1 Å². The van der Waals surface area contributed by atoms with Crippen LogP contribution in [0.5, 0.6) is 0 Å². The van der Waals surface area contributed by atoms with Gasteiger partial charge in [-0.25, -0.2) is 0 Å². The third-order valence-electron chi connectivity index (χ3n) is 4.94. The zero-order chi connectivity index (χ0) is 14.5. The number of pyridine rings is 1. The Bertz CT molecular complexity index is 513. The molecule has 108 valence electrons. The lowest BCUT2D eigenvalue weighted by Gasteiger charge is -2.32. The van der Waals surface area contributed by atoms with Crippen LogP contribution in [0.3, 0.4) is 0 Å². The molecule has 1 aromatic rings. The maximum atomic E-state index is 6.41. The fraction of sp³-hybridized carbons (Fsp3) is 0.667. The molecule has 1 aromatic heterocycles. The Labute approximate surface area is 126 Å². The van der Waals surface area contributed by atoms with E-state index in [0.717, 1.165) is 16.2 Å². The zero-order valence-electron chi connectivity index (χ0n) is 12.6. The molecule has 1 aliphatic heterocycles. The summed E-state index contributed by atoms with van der Waals surface area (Å²) in [6, 6.07) is 1.90. The van der Waals surface area contributed by atoms with Gasteiger partial charge >= 0.3 is 7.12 Å². The Hall–Kier alpha value is -0.575. The molecule has 1 saturated carbocycles. The first kappa shape index (κ1) is 14.4. The van der Waals surface area contributed by atoms with Crippen molar-refractivity contribution in [3.05, 3.63) is 22.8 Å². The van der Waals surface area contributed by atoms with Gasteiger partial charge in [0.2, 0.25) is 0 Å². The minimum atomic E-state index is -0.437. The van der Waals surface area contributed by atoms with E-state index in [1.54, 1.807) is 0 Å². The van der Waals surface area contributed by atoms with Gasteiger partial charge in [-0.1, -0.05) is 18.0 Å². The lowest BCUT2D eigenvalue weighted by molar-refractivity contribution is 0.00578. The minimum Gasteiger partial charge on any atom is -0.398 e. The molecule has 0 bridgehead atoms. The lowest BCUT2D eigenvalue weighted by atomic mass is 9.79. The molecule has 2 heterocycles. The smallest absolute Gasteiger partial charge is 0.398 e. The molecule has 0 unspecified atom stereocenters. The first-order valence-corrected chi connectivity index (χ1v) is 7.69. The molecule has 1 saturated heterocycles. The topological polar surface area (TPSA) is 31.4 Å². The van der Waals surface area contributed by atoms with E-state index >= 15 is 0 Å². The number of hydrogen-bond donors (Lipinski definition) is 0. The standard InChI is InChI=1S/C15H21BClNO2/c1-14(2)15(3,4)20-16(19-14)13-8-12(17)11(9-18-13)10-6-5-7-10/h8-10H,5-7H2,1-4H3. The number of nitrogens with zero attached hydrogens (tertiary/aromatic N) is 1. The van der Waals surface area contributed by atoms with E-state index in [9.17, 15) is 0 Å². The second-order valence-electron chi connectivity index (χ2n) is 6.85. The van der Waals surface area contributed by atoms with Crippen molar-refractivity contribution in [1.82, 2.24) is 4.98 Å². The van der Waals surface area contributed by atoms with E-state index in [4.69, 9.17) is 20.9 Å². The Morgan fingerprint density at radius 3 is 2.25 bits per heavy atom. The van der Waals surface area contributed by atoms with E-state index in [-0.39, 0.29) is 11.2 Å². The number of aromatic nitrogens is 1. The highest BCUT2D eigenvalue weighted by Gasteiger charge is 2.52. The maximum absolute atomic E-state index is 6.41. The highest BCUT2D eigenvalue weighted by Crippen LogP contribution is 2.40. The van der Waals surface area contributed by atoms with Crippen LogP contribution in [0.4, 0.5) is 0 Å². The van der Waals surface area contributed by atoms with Crippen molar-refractivity contribution in [1.29, 1.82) is 0 Å². The summed E-state index contributed by atoms with van der Waals surface area (Å²) in [5.41, 5.74) is 1.23. The lowest BCUT2D eigenvalue weighted by Crippen LogP contribution is -2.41. The van der Waals surface area contributed by atoms with Gasteiger partial charge in [0, 0.05) is 11.2 Å². The van der Waals surface area contributed by atoms with Gasteiger partial charge < -0.3 is 9.31 Å². The molecule has 0 radical (unpaired) electrons. The predicted octanol–water partition coefficient (Wildman–Crippen LogP) is 3.30. The molecule has 3 rings (SSSR count). The van der Waals surface area contributed by atoms with E-state index in [1.807, 2.05) is 40.0 Å². The van der Waals surface area contributed by atoms with Gasteiger partial charge in [0.05, 0.1) is 16.8 Å². The molecule has 5 heteroatoms. The summed E-state index contributed by atoms with van der Waals surface area (Å²) in [5.74, 6) is 0.586. The van der Waals surface area contributed by atoms with Gasteiger partial charge in [0.15, 0.2) is 0 Å². The molecule has 2 fully saturated rings. The minimum absolute atomic E-state index is 0.349. The molecule has 0 N–H and O–H groups in total. The van der Waals surface area contributed by atoms with E-state index in [2.05, 4.69) is 4.98 Å². The Balaban J connectivity index is 1.83. The second kappa shape index (κ2) is 4.72. The summed E-state index contributed by atoms with van der Waals surface area (Å²) in [7, 11) is -0.437. The first-order valence-electron chi connectivity index (χ1n) is 7.31. The monoisotopic (exact) mass is 293 g/mol. The average Bonchev–Trinajstić information content (AvgIpc) is 2.48. The molecule has 0 amide bonds. The average molecular weight is 294 g/mol. The summed E-state index contributed by atoms with van der Waals surface area (Å²) in [4.78, 5) is 4.52. The van der Waals surface area contributed by atoms with Crippen LogP contribution in [-0.2, 0) is 9.31 Å². The van der Waals surface area contributed by atoms with Crippen LogP contribution in [0.2, 0.25) is 5.02 Å². The first-order chi connectivity index (χ1) is 9.30. The van der Waals surface area contributed by atoms with Gasteiger partial charge in [0.25, 0.3) is 0 Å². The fourth-order valence-electron chi connectivity index (χ4n) is 2.57. The van der Waals surface area contributed by atoms with Gasteiger partial charge in [-0.3, -0.25) is 4.98 Å². The van der Waals surface area contributed by atoms with E-state index in [1.165, 1.54) is 19.3 Å². The summed E-state index contributed by atoms with van der Waals surface area (Å²) < 4.78 is 12.0. The molecular weight excluding hydrogens is 272 g/mol. The van der Waals surface area contributed by atoms with Crippen LogP contribution in [0.1, 0.15) is 58.4 Å². The van der Waals surface area contributed by atoms with Crippen LogP contribution < -0.4 is 5.59 Å². The molecule has 2 aliphatic rings. The largest absolute Gasteiger partial charge is 0.514 e. The van der Waals surface area contributed by atoms with Crippen LogP contribution in [0.25, 0.3) is 0 Å². The summed E-state index contributed by atoms with van der Waals surface area (Å²) in [6.07, 6.45) is 5.63. The Morgan fingerprint density at radius 1 is 1.20 bits per heavy atom. The maximum Gasteiger partial charge on any atom is 0.514 e. The Kier molecular flexibility index (Phi) is 3.39. The third kappa shape index (κ3) is 2.28. The van der Waals surface area contributed by atoms with Crippen molar-refractivity contribution in [3.8, 4) is 0 Å². The number of halogens is 1. The molecule has 1 aliphatic carbocycles. The van der Waals surface area contributed by atoms with Crippen molar-refractivity contribution in [2.24, 2.45) is 0 Å². The normalized spacial score (nSPS) is 24.8. The van der Waals surface area contributed by atoms with Gasteiger partial charge in [-0.15, -0.1) is 0 Å². The fourth-order valence-corrected chi connectivity index (χ4v) is 2.88. The predicted molar refractivity (Wildman–Crippen MR) is 81.6 cm³/mol. The molecule has 0 spiro atoms. The third-order valence-corrected chi connectivity index (χ3v) is 5.27. The molecule has 0 aromatic carbocycles. The highest BCUT2D eigenvalue weighted by molar-refractivity contribution is 6.61.